The molecule has 0 aliphatic carbocycles. The lowest BCUT2D eigenvalue weighted by molar-refractivity contribution is -0.141. The molecule has 1 aromatic heterocycles. The lowest BCUT2D eigenvalue weighted by atomic mass is 10.1. The van der Waals surface area contributed by atoms with E-state index in [0.29, 0.717) is 10.7 Å². The molecule has 8 heteroatoms. The molecule has 1 heterocycles. The number of aromatic nitrogens is 1. The number of hydrogen-bond acceptors (Lipinski definition) is 6. The van der Waals surface area contributed by atoms with Crippen LogP contribution in [-0.4, -0.2) is 48.0 Å². The standard InChI is InChI=1S/C20H21ClN2O5/c1-4-28-20(26)16-9-10-17(22-13(16)2)19(25)23(12-18(24)27-3)11-14-5-7-15(21)8-6-14/h5-10H,4,11-12H2,1-3H3. The van der Waals surface area contributed by atoms with Crippen LogP contribution < -0.4 is 0 Å². The van der Waals surface area contributed by atoms with E-state index < -0.39 is 17.8 Å². The van der Waals surface area contributed by atoms with Gasteiger partial charge in [-0.25, -0.2) is 9.78 Å². The molecule has 0 radical (unpaired) electrons. The highest BCUT2D eigenvalue weighted by Gasteiger charge is 2.22. The Morgan fingerprint density at radius 3 is 2.36 bits per heavy atom. The van der Waals surface area contributed by atoms with Crippen molar-refractivity contribution in [1.29, 1.82) is 0 Å². The highest BCUT2D eigenvalue weighted by atomic mass is 35.5. The fraction of sp³-hybridized carbons (Fsp3) is 0.300. The summed E-state index contributed by atoms with van der Waals surface area (Å²) in [7, 11) is 1.25. The molecule has 7 nitrogen and oxygen atoms in total. The number of hydrogen-bond donors (Lipinski definition) is 0. The minimum Gasteiger partial charge on any atom is -0.468 e. The Balaban J connectivity index is 2.27. The first-order chi connectivity index (χ1) is 13.3. The van der Waals surface area contributed by atoms with Gasteiger partial charge in [0.1, 0.15) is 12.2 Å². The predicted octanol–water partition coefficient (Wildman–Crippen LogP) is 3.04. The maximum atomic E-state index is 12.9. The molecule has 0 N–H and O–H groups in total. The number of pyridine rings is 1. The van der Waals surface area contributed by atoms with Gasteiger partial charge in [0.2, 0.25) is 0 Å². The Kier molecular flexibility index (Phi) is 7.52. The van der Waals surface area contributed by atoms with Gasteiger partial charge in [-0.3, -0.25) is 9.59 Å². The highest BCUT2D eigenvalue weighted by Crippen LogP contribution is 2.15. The first kappa shape index (κ1) is 21.4. The molecule has 0 aliphatic heterocycles. The number of esters is 2. The van der Waals surface area contributed by atoms with Crippen LogP contribution in [-0.2, 0) is 20.8 Å². The highest BCUT2D eigenvalue weighted by molar-refractivity contribution is 6.30. The molecule has 148 valence electrons. The average Bonchev–Trinajstić information content (AvgIpc) is 2.68. The second-order valence-electron chi connectivity index (χ2n) is 5.91. The van der Waals surface area contributed by atoms with Crippen molar-refractivity contribution in [3.63, 3.8) is 0 Å². The normalized spacial score (nSPS) is 10.3. The number of ether oxygens (including phenoxy) is 2. The molecular weight excluding hydrogens is 384 g/mol. The van der Waals surface area contributed by atoms with E-state index in [1.54, 1.807) is 38.1 Å². The van der Waals surface area contributed by atoms with Crippen molar-refractivity contribution < 1.29 is 23.9 Å². The minimum absolute atomic E-state index is 0.114. The van der Waals surface area contributed by atoms with Crippen molar-refractivity contribution in [1.82, 2.24) is 9.88 Å². The van der Waals surface area contributed by atoms with Crippen molar-refractivity contribution >= 4 is 29.4 Å². The Bertz CT molecular complexity index is 867. The van der Waals surface area contributed by atoms with Crippen molar-refractivity contribution in [3.05, 3.63) is 63.9 Å². The van der Waals surface area contributed by atoms with Gasteiger partial charge in [-0.2, -0.15) is 0 Å². The minimum atomic E-state index is -0.554. The monoisotopic (exact) mass is 404 g/mol. The predicted molar refractivity (Wildman–Crippen MR) is 103 cm³/mol. The Morgan fingerprint density at radius 2 is 1.79 bits per heavy atom. The van der Waals surface area contributed by atoms with Gasteiger partial charge in [0.05, 0.1) is 25.0 Å². The van der Waals surface area contributed by atoms with Crippen LogP contribution in [0.4, 0.5) is 0 Å². The number of benzene rings is 1. The lowest BCUT2D eigenvalue weighted by Crippen LogP contribution is -2.36. The molecule has 0 saturated carbocycles. The summed E-state index contributed by atoms with van der Waals surface area (Å²) in [4.78, 5) is 42.2. The zero-order valence-corrected chi connectivity index (χ0v) is 16.7. The fourth-order valence-corrected chi connectivity index (χ4v) is 2.62. The van der Waals surface area contributed by atoms with Gasteiger partial charge < -0.3 is 14.4 Å². The second-order valence-corrected chi connectivity index (χ2v) is 6.35. The van der Waals surface area contributed by atoms with E-state index in [2.05, 4.69) is 9.72 Å². The molecule has 0 spiro atoms. The number of nitrogens with zero attached hydrogens (tertiary/aromatic N) is 2. The van der Waals surface area contributed by atoms with Gasteiger partial charge in [0.15, 0.2) is 0 Å². The topological polar surface area (TPSA) is 85.8 Å². The molecule has 0 fully saturated rings. The van der Waals surface area contributed by atoms with Crippen LogP contribution in [0.3, 0.4) is 0 Å². The van der Waals surface area contributed by atoms with Crippen molar-refractivity contribution in [2.45, 2.75) is 20.4 Å². The quantitative estimate of drug-likeness (QED) is 0.659. The molecule has 0 saturated heterocycles. The van der Waals surface area contributed by atoms with Gasteiger partial charge in [-0.05, 0) is 43.7 Å². The number of halogens is 1. The summed E-state index contributed by atoms with van der Waals surface area (Å²) in [5.41, 5.74) is 1.56. The van der Waals surface area contributed by atoms with E-state index in [1.165, 1.54) is 24.1 Å². The second kappa shape index (κ2) is 9.85. The van der Waals surface area contributed by atoms with Crippen LogP contribution in [0, 0.1) is 6.92 Å². The molecule has 0 atom stereocenters. The molecule has 2 rings (SSSR count). The first-order valence-electron chi connectivity index (χ1n) is 8.61. The van der Waals surface area contributed by atoms with Gasteiger partial charge in [-0.1, -0.05) is 23.7 Å². The van der Waals surface area contributed by atoms with Crippen molar-refractivity contribution in [2.75, 3.05) is 20.3 Å². The molecule has 28 heavy (non-hydrogen) atoms. The Hall–Kier alpha value is -2.93. The van der Waals surface area contributed by atoms with E-state index in [9.17, 15) is 14.4 Å². The summed E-state index contributed by atoms with van der Waals surface area (Å²) >= 11 is 5.89. The van der Waals surface area contributed by atoms with Crippen molar-refractivity contribution in [3.8, 4) is 0 Å². The summed E-state index contributed by atoms with van der Waals surface area (Å²) in [5.74, 6) is -1.51. The van der Waals surface area contributed by atoms with Gasteiger partial charge >= 0.3 is 11.9 Å². The van der Waals surface area contributed by atoms with E-state index >= 15 is 0 Å². The van der Waals surface area contributed by atoms with Crippen LogP contribution >= 0.6 is 11.6 Å². The summed E-state index contributed by atoms with van der Waals surface area (Å²) in [6, 6.07) is 9.87. The van der Waals surface area contributed by atoms with Crippen LogP contribution in [0.5, 0.6) is 0 Å². The van der Waals surface area contributed by atoms with E-state index in [1.807, 2.05) is 0 Å². The van der Waals surface area contributed by atoms with E-state index in [0.717, 1.165) is 5.56 Å². The number of rotatable bonds is 7. The smallest absolute Gasteiger partial charge is 0.339 e. The van der Waals surface area contributed by atoms with Gasteiger partial charge in [0.25, 0.3) is 5.91 Å². The molecule has 0 aliphatic rings. The zero-order chi connectivity index (χ0) is 20.7. The molecule has 0 unspecified atom stereocenters. The fourth-order valence-electron chi connectivity index (χ4n) is 2.50. The summed E-state index contributed by atoms with van der Waals surface area (Å²) in [6.45, 7) is 3.50. The summed E-state index contributed by atoms with van der Waals surface area (Å²) in [5, 5.41) is 0.571. The summed E-state index contributed by atoms with van der Waals surface area (Å²) < 4.78 is 9.66. The SMILES string of the molecule is CCOC(=O)c1ccc(C(=O)N(CC(=O)OC)Cc2ccc(Cl)cc2)nc1C. The number of amides is 1. The largest absolute Gasteiger partial charge is 0.468 e. The Labute approximate surface area is 168 Å². The number of methoxy groups -OCH3 is 1. The van der Waals surface area contributed by atoms with Crippen LogP contribution in [0.25, 0.3) is 0 Å². The average molecular weight is 405 g/mol. The number of carbonyl (C=O) groups excluding carboxylic acids is 3. The maximum Gasteiger partial charge on any atom is 0.339 e. The first-order valence-corrected chi connectivity index (χ1v) is 8.98. The lowest BCUT2D eigenvalue weighted by Gasteiger charge is -2.21. The molecule has 1 aromatic carbocycles. The van der Waals surface area contributed by atoms with E-state index in [4.69, 9.17) is 16.3 Å². The molecule has 1 amide bonds. The third kappa shape index (κ3) is 5.53. The number of carbonyl (C=O) groups is 3. The maximum absolute atomic E-state index is 12.9. The zero-order valence-electron chi connectivity index (χ0n) is 15.9. The number of aryl methyl sites for hydroxylation is 1. The van der Waals surface area contributed by atoms with E-state index in [-0.39, 0.29) is 31.0 Å². The van der Waals surface area contributed by atoms with Gasteiger partial charge in [-0.15, -0.1) is 0 Å². The third-order valence-electron chi connectivity index (χ3n) is 3.92. The van der Waals surface area contributed by atoms with Gasteiger partial charge in [0, 0.05) is 11.6 Å². The van der Waals surface area contributed by atoms with Crippen LogP contribution in [0.15, 0.2) is 36.4 Å². The molecular formula is C20H21ClN2O5. The van der Waals surface area contributed by atoms with Crippen LogP contribution in [0.1, 0.15) is 39.0 Å². The molecule has 0 bridgehead atoms. The van der Waals surface area contributed by atoms with Crippen LogP contribution in [0.2, 0.25) is 5.02 Å². The molecule has 2 aromatic rings. The Morgan fingerprint density at radius 1 is 1.11 bits per heavy atom. The van der Waals surface area contributed by atoms with Crippen molar-refractivity contribution in [2.24, 2.45) is 0 Å². The third-order valence-corrected chi connectivity index (χ3v) is 4.17. The summed E-state index contributed by atoms with van der Waals surface area (Å²) in [6.07, 6.45) is 0.